The van der Waals surface area contributed by atoms with Gasteiger partial charge in [-0.3, -0.25) is 24.0 Å². The molecule has 4 aromatic rings. The van der Waals surface area contributed by atoms with Gasteiger partial charge in [-0.2, -0.15) is 0 Å². The van der Waals surface area contributed by atoms with E-state index in [9.17, 15) is 14.4 Å². The highest BCUT2D eigenvalue weighted by Crippen LogP contribution is 2.28. The monoisotopic (exact) mass is 499 g/mol. The van der Waals surface area contributed by atoms with Crippen LogP contribution in [0.3, 0.4) is 0 Å². The third-order valence-corrected chi connectivity index (χ3v) is 6.32. The number of hydrogen-bond donors (Lipinski definition) is 2. The fourth-order valence-electron chi connectivity index (χ4n) is 3.42. The maximum atomic E-state index is 13.6. The van der Waals surface area contributed by atoms with Crippen molar-refractivity contribution in [3.8, 4) is 10.6 Å². The number of carbonyl (C=O) groups excluding carboxylic acids is 1. The van der Waals surface area contributed by atoms with E-state index in [0.29, 0.717) is 28.8 Å². The molecule has 0 saturated heterocycles. The van der Waals surface area contributed by atoms with Crippen LogP contribution in [0.2, 0.25) is 5.02 Å². The van der Waals surface area contributed by atoms with Crippen molar-refractivity contribution < 1.29 is 9.21 Å². The number of rotatable bonds is 8. The maximum Gasteiger partial charge on any atom is 0.330 e. The number of anilines is 2. The van der Waals surface area contributed by atoms with E-state index >= 15 is 0 Å². The lowest BCUT2D eigenvalue weighted by molar-refractivity contribution is 0.0979. The highest BCUT2D eigenvalue weighted by molar-refractivity contribution is 7.13. The van der Waals surface area contributed by atoms with Crippen molar-refractivity contribution >= 4 is 40.4 Å². The SMILES string of the molecule is CCCCn1c(N)c(N(Cc2ccco2)C(=O)c2csc(-c3ccc(Cl)cc3)n2)c(=O)[nH]c1=O. The molecule has 0 fully saturated rings. The van der Waals surface area contributed by atoms with Gasteiger partial charge >= 0.3 is 5.69 Å². The number of halogens is 1. The predicted octanol–water partition coefficient (Wildman–Crippen LogP) is 4.14. The van der Waals surface area contributed by atoms with E-state index in [4.69, 9.17) is 21.8 Å². The van der Waals surface area contributed by atoms with Gasteiger partial charge in [0.1, 0.15) is 22.3 Å². The number of aromatic nitrogens is 3. The number of hydrogen-bond acceptors (Lipinski definition) is 7. The molecule has 0 radical (unpaired) electrons. The fraction of sp³-hybridized carbons (Fsp3) is 0.217. The Labute approximate surface area is 203 Å². The standard InChI is InChI=1S/C23H22ClN5O4S/c1-2-3-10-28-19(25)18(20(30)27-23(28)32)29(12-16-5-4-11-33-16)22(31)17-13-34-21(26-17)14-6-8-15(24)9-7-14/h4-9,11,13H,2-3,10,12,25H2,1H3,(H,27,30,32). The van der Waals surface area contributed by atoms with Crippen LogP contribution in [0.4, 0.5) is 11.5 Å². The molecule has 176 valence electrons. The van der Waals surface area contributed by atoms with Gasteiger partial charge in [0.2, 0.25) is 0 Å². The molecule has 0 atom stereocenters. The number of nitrogen functional groups attached to an aromatic ring is 1. The number of aromatic amines is 1. The number of nitrogens with one attached hydrogen (secondary N) is 1. The van der Waals surface area contributed by atoms with Crippen LogP contribution in [0.5, 0.6) is 0 Å². The van der Waals surface area contributed by atoms with Gasteiger partial charge in [-0.05, 0) is 30.7 Å². The molecule has 34 heavy (non-hydrogen) atoms. The molecule has 0 spiro atoms. The zero-order chi connectivity index (χ0) is 24.2. The van der Waals surface area contributed by atoms with Crippen molar-refractivity contribution in [1.82, 2.24) is 14.5 Å². The lowest BCUT2D eigenvalue weighted by atomic mass is 10.2. The Morgan fingerprint density at radius 1 is 1.26 bits per heavy atom. The van der Waals surface area contributed by atoms with Crippen LogP contribution in [0.25, 0.3) is 10.6 Å². The van der Waals surface area contributed by atoms with Gasteiger partial charge in [-0.15, -0.1) is 11.3 Å². The second-order valence-electron chi connectivity index (χ2n) is 7.51. The van der Waals surface area contributed by atoms with E-state index in [-0.39, 0.29) is 23.7 Å². The Morgan fingerprint density at radius 3 is 2.71 bits per heavy atom. The van der Waals surface area contributed by atoms with Crippen LogP contribution in [0, 0.1) is 0 Å². The minimum Gasteiger partial charge on any atom is -0.467 e. The molecule has 0 saturated carbocycles. The maximum absolute atomic E-state index is 13.6. The lowest BCUT2D eigenvalue weighted by Crippen LogP contribution is -2.41. The molecule has 0 aliphatic carbocycles. The van der Waals surface area contributed by atoms with Gasteiger partial charge in [-0.25, -0.2) is 9.78 Å². The number of nitrogens with zero attached hydrogens (tertiary/aromatic N) is 3. The Hall–Kier alpha value is -3.63. The molecule has 1 aromatic carbocycles. The van der Waals surface area contributed by atoms with Crippen molar-refractivity contribution in [2.75, 3.05) is 10.6 Å². The van der Waals surface area contributed by atoms with Gasteiger partial charge in [0.25, 0.3) is 11.5 Å². The summed E-state index contributed by atoms with van der Waals surface area (Å²) in [5.74, 6) is -0.201. The lowest BCUT2D eigenvalue weighted by Gasteiger charge is -2.23. The number of H-pyrrole nitrogens is 1. The largest absolute Gasteiger partial charge is 0.467 e. The van der Waals surface area contributed by atoms with Crippen LogP contribution in [0.15, 0.2) is 62.0 Å². The molecule has 9 nitrogen and oxygen atoms in total. The average Bonchev–Trinajstić information content (AvgIpc) is 3.51. The van der Waals surface area contributed by atoms with Crippen LogP contribution in [-0.2, 0) is 13.1 Å². The second-order valence-corrected chi connectivity index (χ2v) is 8.81. The van der Waals surface area contributed by atoms with Crippen molar-refractivity contribution in [2.24, 2.45) is 0 Å². The number of thiazole rings is 1. The minimum absolute atomic E-state index is 0.0705. The van der Waals surface area contributed by atoms with Crippen molar-refractivity contribution in [1.29, 1.82) is 0 Å². The quantitative estimate of drug-likeness (QED) is 0.375. The summed E-state index contributed by atoms with van der Waals surface area (Å²) in [5.41, 5.74) is 5.69. The van der Waals surface area contributed by atoms with Crippen molar-refractivity contribution in [3.63, 3.8) is 0 Å². The number of benzene rings is 1. The second kappa shape index (κ2) is 10.1. The molecular formula is C23H22ClN5O4S. The summed E-state index contributed by atoms with van der Waals surface area (Å²) in [6.07, 6.45) is 2.97. The minimum atomic E-state index is -0.761. The van der Waals surface area contributed by atoms with Gasteiger partial charge < -0.3 is 10.2 Å². The number of nitrogens with two attached hydrogens (primary N) is 1. The van der Waals surface area contributed by atoms with Crippen molar-refractivity contribution in [3.05, 3.63) is 85.4 Å². The number of carbonyl (C=O) groups is 1. The van der Waals surface area contributed by atoms with Gasteiger partial charge in [0, 0.05) is 22.5 Å². The Morgan fingerprint density at radius 2 is 2.03 bits per heavy atom. The summed E-state index contributed by atoms with van der Waals surface area (Å²) in [5, 5.41) is 2.82. The molecule has 0 aliphatic heterocycles. The highest BCUT2D eigenvalue weighted by Gasteiger charge is 2.28. The zero-order valence-electron chi connectivity index (χ0n) is 18.3. The number of amides is 1. The van der Waals surface area contributed by atoms with E-state index in [0.717, 1.165) is 12.0 Å². The molecule has 0 aliphatic rings. The highest BCUT2D eigenvalue weighted by atomic mass is 35.5. The molecule has 0 bridgehead atoms. The molecular weight excluding hydrogens is 478 g/mol. The third kappa shape index (κ3) is 4.82. The molecule has 4 rings (SSSR count). The molecule has 3 N–H and O–H groups in total. The van der Waals surface area contributed by atoms with E-state index in [1.54, 1.807) is 29.6 Å². The third-order valence-electron chi connectivity index (χ3n) is 5.17. The Kier molecular flexibility index (Phi) is 6.99. The van der Waals surface area contributed by atoms with Crippen LogP contribution >= 0.6 is 22.9 Å². The summed E-state index contributed by atoms with van der Waals surface area (Å²) in [6.45, 7) is 2.21. The van der Waals surface area contributed by atoms with E-state index in [2.05, 4.69) is 9.97 Å². The first-order chi connectivity index (χ1) is 16.4. The summed E-state index contributed by atoms with van der Waals surface area (Å²) in [7, 11) is 0. The Bertz CT molecular complexity index is 1410. The predicted molar refractivity (Wildman–Crippen MR) is 132 cm³/mol. The summed E-state index contributed by atoms with van der Waals surface area (Å²) < 4.78 is 6.68. The Balaban J connectivity index is 1.77. The molecule has 3 heterocycles. The van der Waals surface area contributed by atoms with Crippen LogP contribution < -0.4 is 21.9 Å². The van der Waals surface area contributed by atoms with Crippen LogP contribution in [0.1, 0.15) is 36.0 Å². The first kappa shape index (κ1) is 23.5. The summed E-state index contributed by atoms with van der Waals surface area (Å²) in [4.78, 5) is 46.7. The van der Waals surface area contributed by atoms with Crippen molar-refractivity contribution in [2.45, 2.75) is 32.9 Å². The van der Waals surface area contributed by atoms with Gasteiger partial charge in [-0.1, -0.05) is 37.1 Å². The number of furan rings is 1. The molecule has 3 aromatic heterocycles. The average molecular weight is 500 g/mol. The number of unbranched alkanes of at least 4 members (excludes halogenated alkanes) is 1. The molecule has 0 unspecified atom stereocenters. The molecule has 1 amide bonds. The summed E-state index contributed by atoms with van der Waals surface area (Å²) >= 11 is 7.25. The van der Waals surface area contributed by atoms with Gasteiger partial charge in [0.05, 0.1) is 12.8 Å². The van der Waals surface area contributed by atoms with Crippen LogP contribution in [-0.4, -0.2) is 20.4 Å². The molecule has 11 heteroatoms. The fourth-order valence-corrected chi connectivity index (χ4v) is 4.35. The smallest absolute Gasteiger partial charge is 0.330 e. The van der Waals surface area contributed by atoms with E-state index < -0.39 is 17.2 Å². The summed E-state index contributed by atoms with van der Waals surface area (Å²) in [6, 6.07) is 10.4. The zero-order valence-corrected chi connectivity index (χ0v) is 19.9. The van der Waals surface area contributed by atoms with E-state index in [1.165, 1.54) is 27.1 Å². The topological polar surface area (TPSA) is 127 Å². The van der Waals surface area contributed by atoms with Gasteiger partial charge in [0.15, 0.2) is 5.69 Å². The first-order valence-electron chi connectivity index (χ1n) is 10.6. The first-order valence-corrected chi connectivity index (χ1v) is 11.8. The van der Waals surface area contributed by atoms with E-state index in [1.807, 2.05) is 19.1 Å². The normalized spacial score (nSPS) is 11.0.